The summed E-state index contributed by atoms with van der Waals surface area (Å²) in [5, 5.41) is 29.2. The fraction of sp³-hybridized carbons (Fsp3) is 0.118. The molecule has 2 aromatic carbocycles. The van der Waals surface area contributed by atoms with E-state index in [9.17, 15) is 25.1 Å². The van der Waals surface area contributed by atoms with Gasteiger partial charge in [0, 0.05) is 24.6 Å². The van der Waals surface area contributed by atoms with E-state index in [0.29, 0.717) is 17.5 Å². The SMILES string of the molecule is O=C(/C=C/c1ccc(O)c(O)c1)OCCc1cccc([N+](=O)[O-])c1. The first-order chi connectivity index (χ1) is 11.5. The van der Waals surface area contributed by atoms with E-state index in [0.717, 1.165) is 0 Å². The Morgan fingerprint density at radius 3 is 2.67 bits per heavy atom. The van der Waals surface area contributed by atoms with Crippen molar-refractivity contribution in [2.24, 2.45) is 0 Å². The van der Waals surface area contributed by atoms with E-state index in [-0.39, 0.29) is 23.8 Å². The molecule has 0 aliphatic rings. The third-order valence-corrected chi connectivity index (χ3v) is 3.17. The van der Waals surface area contributed by atoms with Gasteiger partial charge in [-0.2, -0.15) is 0 Å². The van der Waals surface area contributed by atoms with Gasteiger partial charge in [0.15, 0.2) is 11.5 Å². The van der Waals surface area contributed by atoms with Crippen LogP contribution in [0.15, 0.2) is 48.5 Å². The fourth-order valence-corrected chi connectivity index (χ4v) is 1.95. The van der Waals surface area contributed by atoms with Gasteiger partial charge in [0.1, 0.15) is 0 Å². The van der Waals surface area contributed by atoms with Gasteiger partial charge >= 0.3 is 5.97 Å². The van der Waals surface area contributed by atoms with Crippen molar-refractivity contribution < 1.29 is 24.7 Å². The van der Waals surface area contributed by atoms with Crippen LogP contribution >= 0.6 is 0 Å². The molecule has 0 aliphatic carbocycles. The number of carbonyl (C=O) groups excluding carboxylic acids is 1. The van der Waals surface area contributed by atoms with E-state index in [2.05, 4.69) is 0 Å². The number of ether oxygens (including phenoxy) is 1. The van der Waals surface area contributed by atoms with E-state index < -0.39 is 10.9 Å². The molecule has 0 bridgehead atoms. The Bertz CT molecular complexity index is 784. The number of hydrogen-bond acceptors (Lipinski definition) is 6. The molecule has 124 valence electrons. The van der Waals surface area contributed by atoms with Crippen LogP contribution in [0.2, 0.25) is 0 Å². The highest BCUT2D eigenvalue weighted by atomic mass is 16.6. The van der Waals surface area contributed by atoms with E-state index >= 15 is 0 Å². The maximum atomic E-state index is 11.6. The van der Waals surface area contributed by atoms with Gasteiger partial charge in [-0.3, -0.25) is 10.1 Å². The zero-order valence-corrected chi connectivity index (χ0v) is 12.6. The smallest absolute Gasteiger partial charge is 0.330 e. The summed E-state index contributed by atoms with van der Waals surface area (Å²) in [6, 6.07) is 10.3. The fourth-order valence-electron chi connectivity index (χ4n) is 1.95. The summed E-state index contributed by atoms with van der Waals surface area (Å²) in [6.45, 7) is 0.0885. The molecule has 0 spiro atoms. The van der Waals surface area contributed by atoms with Crippen LogP contribution in [0, 0.1) is 10.1 Å². The first kappa shape index (κ1) is 17.0. The number of nitro groups is 1. The summed E-state index contributed by atoms with van der Waals surface area (Å²) >= 11 is 0. The molecule has 2 rings (SSSR count). The Morgan fingerprint density at radius 1 is 1.17 bits per heavy atom. The highest BCUT2D eigenvalue weighted by Gasteiger charge is 2.06. The molecule has 0 fully saturated rings. The van der Waals surface area contributed by atoms with E-state index in [1.807, 2.05) is 0 Å². The molecule has 0 heterocycles. The average Bonchev–Trinajstić information content (AvgIpc) is 2.56. The van der Waals surface area contributed by atoms with Gasteiger partial charge in [-0.05, 0) is 29.3 Å². The summed E-state index contributed by atoms with van der Waals surface area (Å²) in [4.78, 5) is 21.8. The molecule has 0 radical (unpaired) electrons. The van der Waals surface area contributed by atoms with Gasteiger partial charge in [0.25, 0.3) is 5.69 Å². The van der Waals surface area contributed by atoms with Gasteiger partial charge in [-0.15, -0.1) is 0 Å². The predicted octanol–water partition coefficient (Wildman–Crippen LogP) is 2.81. The molecule has 0 amide bonds. The van der Waals surface area contributed by atoms with Gasteiger partial charge in [0.2, 0.25) is 0 Å². The highest BCUT2D eigenvalue weighted by Crippen LogP contribution is 2.25. The Hall–Kier alpha value is -3.35. The minimum absolute atomic E-state index is 0.00846. The quantitative estimate of drug-likeness (QED) is 0.277. The Labute approximate surface area is 137 Å². The number of nitro benzene ring substituents is 1. The lowest BCUT2D eigenvalue weighted by molar-refractivity contribution is -0.384. The van der Waals surface area contributed by atoms with Crippen molar-refractivity contribution in [3.05, 3.63) is 69.8 Å². The van der Waals surface area contributed by atoms with Crippen molar-refractivity contribution in [3.63, 3.8) is 0 Å². The second-order valence-electron chi connectivity index (χ2n) is 4.93. The maximum absolute atomic E-state index is 11.6. The molecular formula is C17H15NO6. The summed E-state index contributed by atoms with van der Waals surface area (Å²) in [7, 11) is 0. The van der Waals surface area contributed by atoms with Crippen LogP contribution in [0.25, 0.3) is 6.08 Å². The second-order valence-corrected chi connectivity index (χ2v) is 4.93. The Balaban J connectivity index is 1.85. The third kappa shape index (κ3) is 4.84. The molecule has 0 unspecified atom stereocenters. The number of phenols is 2. The zero-order chi connectivity index (χ0) is 17.5. The lowest BCUT2D eigenvalue weighted by Crippen LogP contribution is -2.05. The lowest BCUT2D eigenvalue weighted by atomic mass is 10.1. The van der Waals surface area contributed by atoms with Gasteiger partial charge in [-0.25, -0.2) is 4.79 Å². The van der Waals surface area contributed by atoms with Crippen LogP contribution in [0.1, 0.15) is 11.1 Å². The van der Waals surface area contributed by atoms with Gasteiger partial charge < -0.3 is 14.9 Å². The number of nitrogens with zero attached hydrogens (tertiary/aromatic N) is 1. The zero-order valence-electron chi connectivity index (χ0n) is 12.6. The number of esters is 1. The molecule has 0 aliphatic heterocycles. The van der Waals surface area contributed by atoms with Gasteiger partial charge in [-0.1, -0.05) is 18.2 Å². The monoisotopic (exact) mass is 329 g/mol. The summed E-state index contributed by atoms with van der Waals surface area (Å²) in [6.07, 6.45) is 3.00. The van der Waals surface area contributed by atoms with E-state index in [4.69, 9.17) is 4.74 Å². The largest absolute Gasteiger partial charge is 0.504 e. The molecule has 0 atom stereocenters. The normalized spacial score (nSPS) is 10.7. The minimum Gasteiger partial charge on any atom is -0.504 e. The number of hydrogen-bond donors (Lipinski definition) is 2. The molecule has 2 aromatic rings. The number of non-ortho nitro benzene ring substituents is 1. The minimum atomic E-state index is -0.576. The predicted molar refractivity (Wildman–Crippen MR) is 86.6 cm³/mol. The van der Waals surface area contributed by atoms with Gasteiger partial charge in [0.05, 0.1) is 11.5 Å². The standard InChI is InChI=1S/C17H15NO6/c19-15-6-4-13(11-16(15)20)5-7-17(21)24-9-8-12-2-1-3-14(10-12)18(22)23/h1-7,10-11,19-20H,8-9H2/b7-5+. The van der Waals surface area contributed by atoms with Crippen LogP contribution in [-0.4, -0.2) is 27.7 Å². The Morgan fingerprint density at radius 2 is 1.96 bits per heavy atom. The molecule has 2 N–H and O–H groups in total. The summed E-state index contributed by atoms with van der Waals surface area (Å²) < 4.78 is 5.01. The summed E-state index contributed by atoms with van der Waals surface area (Å²) in [5.74, 6) is -1.10. The first-order valence-electron chi connectivity index (χ1n) is 7.06. The van der Waals surface area contributed by atoms with Crippen LogP contribution in [0.4, 0.5) is 5.69 Å². The third-order valence-electron chi connectivity index (χ3n) is 3.17. The average molecular weight is 329 g/mol. The molecule has 7 nitrogen and oxygen atoms in total. The van der Waals surface area contributed by atoms with Crippen LogP contribution in [0.3, 0.4) is 0 Å². The van der Waals surface area contributed by atoms with Crippen molar-refractivity contribution in [1.82, 2.24) is 0 Å². The second kappa shape index (κ2) is 7.77. The number of phenolic OH excluding ortho intramolecular Hbond substituents is 2. The molecule has 0 saturated heterocycles. The van der Waals surface area contributed by atoms with Crippen molar-refractivity contribution >= 4 is 17.7 Å². The number of carbonyl (C=O) groups is 1. The van der Waals surface area contributed by atoms with E-state index in [1.165, 1.54) is 42.5 Å². The molecule has 0 saturated carbocycles. The summed E-state index contributed by atoms with van der Waals surface area (Å²) in [5.41, 5.74) is 1.22. The molecular weight excluding hydrogens is 314 g/mol. The Kier molecular flexibility index (Phi) is 5.51. The van der Waals surface area contributed by atoms with Crippen LogP contribution < -0.4 is 0 Å². The number of rotatable bonds is 6. The van der Waals surface area contributed by atoms with Crippen molar-refractivity contribution in [2.45, 2.75) is 6.42 Å². The maximum Gasteiger partial charge on any atom is 0.330 e. The van der Waals surface area contributed by atoms with Crippen molar-refractivity contribution in [1.29, 1.82) is 0 Å². The van der Waals surface area contributed by atoms with Crippen molar-refractivity contribution in [3.8, 4) is 11.5 Å². The van der Waals surface area contributed by atoms with Crippen LogP contribution in [0.5, 0.6) is 11.5 Å². The highest BCUT2D eigenvalue weighted by molar-refractivity contribution is 5.87. The molecule has 0 aromatic heterocycles. The van der Waals surface area contributed by atoms with E-state index in [1.54, 1.807) is 12.1 Å². The van der Waals surface area contributed by atoms with Crippen LogP contribution in [-0.2, 0) is 16.0 Å². The lowest BCUT2D eigenvalue weighted by Gasteiger charge is -2.03. The molecule has 24 heavy (non-hydrogen) atoms. The number of benzene rings is 2. The topological polar surface area (TPSA) is 110 Å². The molecule has 7 heteroatoms. The first-order valence-corrected chi connectivity index (χ1v) is 7.06. The number of aromatic hydroxyl groups is 2. The van der Waals surface area contributed by atoms with Crippen molar-refractivity contribution in [2.75, 3.05) is 6.61 Å².